The molecule has 2 fully saturated rings. The molecule has 1 aliphatic heterocycles. The molecule has 1 aliphatic carbocycles. The van der Waals surface area contributed by atoms with Gasteiger partial charge in [0.1, 0.15) is 11.6 Å². The van der Waals surface area contributed by atoms with Crippen molar-refractivity contribution in [2.24, 2.45) is 18.2 Å². The Hall–Kier alpha value is -4.12. The van der Waals surface area contributed by atoms with Crippen LogP contribution in [0.5, 0.6) is 0 Å². The number of hydrogen-bond acceptors (Lipinski definition) is 7. The Morgan fingerprint density at radius 2 is 1.80 bits per heavy atom. The molecular formula is C30H36N4O7. The Morgan fingerprint density at radius 1 is 1.12 bits per heavy atom. The van der Waals surface area contributed by atoms with E-state index < -0.39 is 41.4 Å². The molecule has 3 amide bonds. The zero-order valence-electron chi connectivity index (χ0n) is 23.8. The van der Waals surface area contributed by atoms with Gasteiger partial charge in [0, 0.05) is 25.4 Å². The first kappa shape index (κ1) is 28.4. The lowest BCUT2D eigenvalue weighted by Crippen LogP contribution is -2.52. The number of aromatic nitrogens is 1. The summed E-state index contributed by atoms with van der Waals surface area (Å²) in [4.78, 5) is 51.8. The molecule has 3 aromatic rings. The molecule has 1 aromatic heterocycles. The van der Waals surface area contributed by atoms with E-state index >= 15 is 0 Å². The van der Waals surface area contributed by atoms with E-state index in [4.69, 9.17) is 19.6 Å². The second-order valence-corrected chi connectivity index (χ2v) is 12.1. The predicted octanol–water partition coefficient (Wildman–Crippen LogP) is 2.73. The number of fused-ring (bicyclic) bond motifs is 1. The number of benzene rings is 2. The molecule has 1 saturated carbocycles. The minimum atomic E-state index is -0.970. The van der Waals surface area contributed by atoms with Gasteiger partial charge in [-0.3, -0.25) is 14.2 Å². The maximum atomic E-state index is 13.3. The van der Waals surface area contributed by atoms with Crippen molar-refractivity contribution in [3.8, 4) is 11.1 Å². The average molecular weight is 565 g/mol. The van der Waals surface area contributed by atoms with E-state index in [1.165, 1.54) is 9.47 Å². The van der Waals surface area contributed by atoms with Crippen LogP contribution in [0.3, 0.4) is 0 Å². The summed E-state index contributed by atoms with van der Waals surface area (Å²) in [6.07, 6.45) is 0.556. The number of oxazole rings is 1. The lowest BCUT2D eigenvalue weighted by molar-refractivity contribution is -0.136. The number of hydrogen-bond donors (Lipinski definition) is 2. The summed E-state index contributed by atoms with van der Waals surface area (Å²) in [5.41, 5.74) is 8.63. The van der Waals surface area contributed by atoms with Crippen molar-refractivity contribution in [1.29, 1.82) is 0 Å². The zero-order valence-corrected chi connectivity index (χ0v) is 23.8. The van der Waals surface area contributed by atoms with Gasteiger partial charge in [-0.1, -0.05) is 30.3 Å². The number of nitrogens with two attached hydrogens (primary N) is 1. The number of amides is 3. The summed E-state index contributed by atoms with van der Waals surface area (Å²) in [5.74, 6) is -1.60. The van der Waals surface area contributed by atoms with Gasteiger partial charge in [-0.2, -0.15) is 0 Å². The number of carbonyl (C=O) groups excluding carboxylic acids is 3. The molecule has 2 aliphatic rings. The molecule has 0 bridgehead atoms. The Kier molecular flexibility index (Phi) is 7.41. The van der Waals surface area contributed by atoms with Gasteiger partial charge in [-0.15, -0.1) is 0 Å². The van der Waals surface area contributed by atoms with Gasteiger partial charge in [0.2, 0.25) is 5.91 Å². The van der Waals surface area contributed by atoms with Crippen LogP contribution in [-0.2, 0) is 32.5 Å². The lowest BCUT2D eigenvalue weighted by atomic mass is 10.00. The van der Waals surface area contributed by atoms with Crippen LogP contribution in [0.15, 0.2) is 51.7 Å². The molecule has 2 aromatic carbocycles. The highest BCUT2D eigenvalue weighted by atomic mass is 16.6. The predicted molar refractivity (Wildman–Crippen MR) is 151 cm³/mol. The molecule has 5 rings (SSSR count). The van der Waals surface area contributed by atoms with Crippen LogP contribution in [0, 0.1) is 5.41 Å². The molecule has 41 heavy (non-hydrogen) atoms. The van der Waals surface area contributed by atoms with E-state index in [-0.39, 0.29) is 18.4 Å². The minimum absolute atomic E-state index is 0.0231. The van der Waals surface area contributed by atoms with Gasteiger partial charge < -0.3 is 29.8 Å². The fourth-order valence-corrected chi connectivity index (χ4v) is 5.01. The summed E-state index contributed by atoms with van der Waals surface area (Å²) in [7, 11) is 1.65. The Balaban J connectivity index is 1.26. The molecular weight excluding hydrogens is 528 g/mol. The number of nitrogens with one attached hydrogen (secondary N) is 1. The van der Waals surface area contributed by atoms with Gasteiger partial charge in [0.05, 0.1) is 18.7 Å². The van der Waals surface area contributed by atoms with E-state index in [1.54, 1.807) is 33.9 Å². The smallest absolute Gasteiger partial charge is 0.419 e. The first-order valence-electron chi connectivity index (χ1n) is 13.7. The molecule has 3 N–H and O–H groups in total. The standard InChI is InChI=1S/C30H36N4O7/c1-29(2,3)41-28(38)34-15-24(39-17-30(16-34)11-12-30)26(36)32-21(25(31)35)13-18-5-7-19(8-6-18)20-9-10-23-22(14-20)33(4)27(37)40-23/h5-10,14,21,24H,11-13,15-17H2,1-4H3,(H2,31,35)(H,32,36)/t21-,24-/m0/s1. The first-order valence-corrected chi connectivity index (χ1v) is 13.7. The highest BCUT2D eigenvalue weighted by molar-refractivity contribution is 5.89. The quantitative estimate of drug-likeness (QED) is 0.468. The van der Waals surface area contributed by atoms with E-state index in [9.17, 15) is 19.2 Å². The van der Waals surface area contributed by atoms with Gasteiger partial charge >= 0.3 is 11.8 Å². The van der Waals surface area contributed by atoms with Crippen molar-refractivity contribution in [3.63, 3.8) is 0 Å². The second-order valence-electron chi connectivity index (χ2n) is 12.1. The summed E-state index contributed by atoms with van der Waals surface area (Å²) >= 11 is 0. The van der Waals surface area contributed by atoms with Crippen molar-refractivity contribution in [2.75, 3.05) is 19.7 Å². The van der Waals surface area contributed by atoms with Gasteiger partial charge in [-0.05, 0) is 62.4 Å². The maximum absolute atomic E-state index is 13.3. The molecule has 1 saturated heterocycles. The number of ether oxygens (including phenoxy) is 2. The largest absolute Gasteiger partial charge is 0.444 e. The SMILES string of the molecule is Cn1c(=O)oc2ccc(-c3ccc(C[C@H](NC(=O)[C@@H]4CN(C(=O)OC(C)(C)C)CC5(CC5)CO4)C(N)=O)cc3)cc21. The van der Waals surface area contributed by atoms with Crippen LogP contribution in [0.4, 0.5) is 4.79 Å². The fraction of sp³-hybridized carbons (Fsp3) is 0.467. The molecule has 218 valence electrons. The normalized spacial score (nSPS) is 19.0. The summed E-state index contributed by atoms with van der Waals surface area (Å²) < 4.78 is 18.2. The third-order valence-electron chi connectivity index (χ3n) is 7.58. The Morgan fingerprint density at radius 3 is 2.44 bits per heavy atom. The highest BCUT2D eigenvalue weighted by Crippen LogP contribution is 2.48. The number of carbonyl (C=O) groups is 3. The number of primary amides is 1. The number of rotatable bonds is 6. The van der Waals surface area contributed by atoms with Gasteiger partial charge in [-0.25, -0.2) is 9.59 Å². The minimum Gasteiger partial charge on any atom is -0.444 e. The van der Waals surface area contributed by atoms with Crippen LogP contribution in [-0.4, -0.2) is 64.8 Å². The molecule has 0 radical (unpaired) electrons. The monoisotopic (exact) mass is 564 g/mol. The van der Waals surface area contributed by atoms with Gasteiger partial charge in [0.25, 0.3) is 5.91 Å². The van der Waals surface area contributed by atoms with Crippen LogP contribution in [0.1, 0.15) is 39.2 Å². The summed E-state index contributed by atoms with van der Waals surface area (Å²) in [5, 5.41) is 2.73. The van der Waals surface area contributed by atoms with Crippen molar-refractivity contribution >= 4 is 29.0 Å². The Labute approximate surface area is 237 Å². The van der Waals surface area contributed by atoms with Crippen LogP contribution in [0.25, 0.3) is 22.2 Å². The number of aryl methyl sites for hydroxylation is 1. The van der Waals surface area contributed by atoms with Crippen LogP contribution in [0.2, 0.25) is 0 Å². The highest BCUT2D eigenvalue weighted by Gasteiger charge is 2.49. The Bertz CT molecular complexity index is 1530. The van der Waals surface area contributed by atoms with Crippen molar-refractivity contribution in [2.45, 2.75) is 57.8 Å². The van der Waals surface area contributed by atoms with Crippen molar-refractivity contribution in [1.82, 2.24) is 14.8 Å². The van der Waals surface area contributed by atoms with E-state index in [2.05, 4.69) is 5.32 Å². The summed E-state index contributed by atoms with van der Waals surface area (Å²) in [6, 6.07) is 12.0. The van der Waals surface area contributed by atoms with E-state index in [1.807, 2.05) is 36.4 Å². The number of nitrogens with zero attached hydrogens (tertiary/aromatic N) is 2. The topological polar surface area (TPSA) is 146 Å². The first-order chi connectivity index (χ1) is 19.3. The molecule has 2 atom stereocenters. The van der Waals surface area contributed by atoms with Crippen molar-refractivity contribution in [3.05, 3.63) is 58.6 Å². The third kappa shape index (κ3) is 6.45. The summed E-state index contributed by atoms with van der Waals surface area (Å²) in [6.45, 7) is 6.22. The van der Waals surface area contributed by atoms with Gasteiger partial charge in [0.15, 0.2) is 11.7 Å². The molecule has 1 spiro atoms. The molecule has 2 heterocycles. The lowest BCUT2D eigenvalue weighted by Gasteiger charge is -2.29. The molecule has 0 unspecified atom stereocenters. The van der Waals surface area contributed by atoms with Crippen LogP contribution < -0.4 is 16.8 Å². The maximum Gasteiger partial charge on any atom is 0.419 e. The molecule has 11 nitrogen and oxygen atoms in total. The second kappa shape index (κ2) is 10.7. The van der Waals surface area contributed by atoms with Crippen LogP contribution >= 0.6 is 0 Å². The van der Waals surface area contributed by atoms with Crippen molar-refractivity contribution < 1.29 is 28.3 Å². The van der Waals surface area contributed by atoms with E-state index in [0.29, 0.717) is 24.3 Å². The zero-order chi connectivity index (χ0) is 29.5. The van der Waals surface area contributed by atoms with E-state index in [0.717, 1.165) is 29.5 Å². The third-order valence-corrected chi connectivity index (χ3v) is 7.58. The molecule has 11 heteroatoms. The fourth-order valence-electron chi connectivity index (χ4n) is 5.01. The average Bonchev–Trinajstić information content (AvgIpc) is 3.66.